The molecule has 0 aliphatic rings. The molecule has 0 aliphatic heterocycles. The number of hydrogen-bond donors (Lipinski definition) is 1. The molecule has 0 spiro atoms. The van der Waals surface area contributed by atoms with E-state index in [9.17, 15) is 20.5 Å². The number of nitro groups is 1. The van der Waals surface area contributed by atoms with Crippen molar-refractivity contribution < 1.29 is 14.8 Å². The highest BCUT2D eigenvalue weighted by molar-refractivity contribution is 9.13. The molecule has 6 nitrogen and oxygen atoms in total. The summed E-state index contributed by atoms with van der Waals surface area (Å²) in [6.07, 6.45) is 1.60. The maximum Gasteiger partial charge on any atom is 0.269 e. The zero-order chi connectivity index (χ0) is 17.9. The first-order valence-corrected chi connectivity index (χ1v) is 8.09. The van der Waals surface area contributed by atoms with Gasteiger partial charge in [0.15, 0.2) is 11.5 Å². The maximum absolute atomic E-state index is 10.7. The van der Waals surface area contributed by atoms with E-state index in [1.807, 2.05) is 0 Å². The van der Waals surface area contributed by atoms with Crippen molar-refractivity contribution in [2.24, 2.45) is 0 Å². The van der Waals surface area contributed by atoms with Gasteiger partial charge >= 0.3 is 0 Å². The van der Waals surface area contributed by atoms with Crippen LogP contribution in [0.1, 0.15) is 11.1 Å². The molecule has 2 rings (SSSR count). The lowest BCUT2D eigenvalue weighted by molar-refractivity contribution is -0.384. The molecule has 0 fully saturated rings. The van der Waals surface area contributed by atoms with Gasteiger partial charge in [0.2, 0.25) is 0 Å². The van der Waals surface area contributed by atoms with Crippen LogP contribution in [0.5, 0.6) is 11.5 Å². The highest BCUT2D eigenvalue weighted by Crippen LogP contribution is 2.42. The average Bonchev–Trinajstić information content (AvgIpc) is 2.59. The number of hydrogen-bond acceptors (Lipinski definition) is 5. The van der Waals surface area contributed by atoms with Crippen LogP contribution in [0.25, 0.3) is 11.6 Å². The number of rotatable bonds is 4. The van der Waals surface area contributed by atoms with E-state index >= 15 is 0 Å². The van der Waals surface area contributed by atoms with Crippen molar-refractivity contribution in [2.75, 3.05) is 7.11 Å². The Morgan fingerprint density at radius 3 is 2.46 bits per heavy atom. The number of allylic oxidation sites excluding steroid dienone is 1. The minimum Gasteiger partial charge on any atom is -0.503 e. The maximum atomic E-state index is 10.7. The van der Waals surface area contributed by atoms with E-state index in [0.717, 1.165) is 0 Å². The number of nitriles is 1. The van der Waals surface area contributed by atoms with Crippen LogP contribution < -0.4 is 4.74 Å². The number of non-ortho nitro benzene ring substituents is 1. The van der Waals surface area contributed by atoms with E-state index in [1.165, 1.54) is 31.4 Å². The van der Waals surface area contributed by atoms with Crippen LogP contribution in [0.3, 0.4) is 0 Å². The number of nitrogens with zero attached hydrogens (tertiary/aromatic N) is 2. The third-order valence-corrected chi connectivity index (χ3v) is 5.36. The molecule has 0 heterocycles. The van der Waals surface area contributed by atoms with Crippen LogP contribution in [-0.4, -0.2) is 17.1 Å². The van der Waals surface area contributed by atoms with Gasteiger partial charge in [0, 0.05) is 16.6 Å². The molecule has 2 aromatic carbocycles. The van der Waals surface area contributed by atoms with Gasteiger partial charge < -0.3 is 9.84 Å². The molecular formula is C16H10Br2N2O4. The number of phenolic OH excluding ortho intramolecular Hbond substituents is 1. The van der Waals surface area contributed by atoms with Crippen LogP contribution in [0.4, 0.5) is 5.69 Å². The first kappa shape index (κ1) is 18.0. The number of aromatic hydroxyl groups is 1. The predicted molar refractivity (Wildman–Crippen MR) is 96.6 cm³/mol. The summed E-state index contributed by atoms with van der Waals surface area (Å²) in [6, 6.07) is 9.33. The Bertz CT molecular complexity index is 871. The van der Waals surface area contributed by atoms with Gasteiger partial charge in [-0.25, -0.2) is 0 Å². The summed E-state index contributed by atoms with van der Waals surface area (Å²) in [6.45, 7) is 0. The third kappa shape index (κ3) is 3.58. The van der Waals surface area contributed by atoms with Crippen molar-refractivity contribution in [2.45, 2.75) is 0 Å². The molecule has 122 valence electrons. The van der Waals surface area contributed by atoms with Gasteiger partial charge in [-0.2, -0.15) is 5.26 Å². The molecule has 0 saturated carbocycles. The number of phenols is 1. The molecule has 0 radical (unpaired) electrons. The normalized spacial score (nSPS) is 11.0. The monoisotopic (exact) mass is 452 g/mol. The second kappa shape index (κ2) is 7.47. The molecule has 8 heteroatoms. The topological polar surface area (TPSA) is 96.4 Å². The van der Waals surface area contributed by atoms with Crippen molar-refractivity contribution in [1.82, 2.24) is 0 Å². The summed E-state index contributed by atoms with van der Waals surface area (Å²) in [5, 5.41) is 30.0. The minimum atomic E-state index is -0.502. The molecule has 0 amide bonds. The van der Waals surface area contributed by atoms with Crippen molar-refractivity contribution in [3.05, 3.63) is 60.5 Å². The lowest BCUT2D eigenvalue weighted by Gasteiger charge is -2.10. The Hall–Kier alpha value is -2.37. The number of halogens is 2. The molecule has 2 aromatic rings. The second-order valence-electron chi connectivity index (χ2n) is 4.62. The Morgan fingerprint density at radius 2 is 1.96 bits per heavy atom. The van der Waals surface area contributed by atoms with Gasteiger partial charge in [-0.05, 0) is 67.3 Å². The fourth-order valence-corrected chi connectivity index (χ4v) is 2.81. The Kier molecular flexibility index (Phi) is 5.59. The number of benzene rings is 2. The summed E-state index contributed by atoms with van der Waals surface area (Å²) in [4.78, 5) is 10.2. The first-order valence-electron chi connectivity index (χ1n) is 6.50. The number of ether oxygens (including phenoxy) is 1. The third-order valence-electron chi connectivity index (χ3n) is 3.20. The van der Waals surface area contributed by atoms with Crippen LogP contribution in [0.2, 0.25) is 0 Å². The molecule has 0 saturated heterocycles. The van der Waals surface area contributed by atoms with Crippen molar-refractivity contribution >= 4 is 49.2 Å². The van der Waals surface area contributed by atoms with E-state index in [4.69, 9.17) is 4.74 Å². The fraction of sp³-hybridized carbons (Fsp3) is 0.0625. The number of methoxy groups -OCH3 is 1. The van der Waals surface area contributed by atoms with Crippen LogP contribution in [0, 0.1) is 21.4 Å². The second-order valence-corrected chi connectivity index (χ2v) is 6.20. The molecule has 0 aliphatic carbocycles. The van der Waals surface area contributed by atoms with Crippen LogP contribution >= 0.6 is 31.9 Å². The van der Waals surface area contributed by atoms with Gasteiger partial charge in [0.1, 0.15) is 0 Å². The predicted octanol–water partition coefficient (Wildman–Crippen LogP) is 4.90. The largest absolute Gasteiger partial charge is 0.503 e. The van der Waals surface area contributed by atoms with E-state index in [2.05, 4.69) is 37.9 Å². The smallest absolute Gasteiger partial charge is 0.269 e. The quantitative estimate of drug-likeness (QED) is 0.307. The van der Waals surface area contributed by atoms with Crippen molar-refractivity contribution in [1.29, 1.82) is 5.26 Å². The van der Waals surface area contributed by atoms with Gasteiger partial charge in [-0.3, -0.25) is 10.1 Å². The SMILES string of the molecule is COc1cc(/C=C(\C#N)c2ccc([N+](=O)[O-])cc2)c(Br)c(Br)c1O. The standard InChI is InChI=1S/C16H10Br2N2O4/c1-24-13-7-10(14(17)15(18)16(13)21)6-11(8-19)9-2-4-12(5-3-9)20(22)23/h2-7,21H,1H3/b11-6+. The van der Waals surface area contributed by atoms with E-state index in [0.29, 0.717) is 25.6 Å². The van der Waals surface area contributed by atoms with E-state index in [-0.39, 0.29) is 17.2 Å². The van der Waals surface area contributed by atoms with Crippen LogP contribution in [0.15, 0.2) is 39.3 Å². The molecule has 0 aromatic heterocycles. The summed E-state index contributed by atoms with van der Waals surface area (Å²) in [7, 11) is 1.42. The molecule has 1 N–H and O–H groups in total. The van der Waals surface area contributed by atoms with Gasteiger partial charge in [-0.15, -0.1) is 0 Å². The van der Waals surface area contributed by atoms with E-state index < -0.39 is 4.92 Å². The minimum absolute atomic E-state index is 0.0498. The Morgan fingerprint density at radius 1 is 1.33 bits per heavy atom. The molecular weight excluding hydrogens is 444 g/mol. The van der Waals surface area contributed by atoms with E-state index in [1.54, 1.807) is 12.1 Å². The van der Waals surface area contributed by atoms with Crippen molar-refractivity contribution in [3.63, 3.8) is 0 Å². The van der Waals surface area contributed by atoms with Gasteiger partial charge in [0.05, 0.1) is 28.1 Å². The fourth-order valence-electron chi connectivity index (χ4n) is 1.97. The lowest BCUT2D eigenvalue weighted by Crippen LogP contribution is -1.90. The van der Waals surface area contributed by atoms with Gasteiger partial charge in [-0.1, -0.05) is 0 Å². The summed E-state index contributed by atoms with van der Waals surface area (Å²) in [5.74, 6) is 0.188. The first-order chi connectivity index (χ1) is 11.4. The zero-order valence-corrected chi connectivity index (χ0v) is 15.5. The van der Waals surface area contributed by atoms with Crippen LogP contribution in [-0.2, 0) is 0 Å². The average molecular weight is 454 g/mol. The Balaban J connectivity index is 2.54. The molecule has 0 unspecified atom stereocenters. The van der Waals surface area contributed by atoms with Gasteiger partial charge in [0.25, 0.3) is 5.69 Å². The lowest BCUT2D eigenvalue weighted by atomic mass is 10.0. The summed E-state index contributed by atoms with van der Waals surface area (Å²) in [5.41, 5.74) is 1.40. The molecule has 0 bridgehead atoms. The Labute approximate surface area is 154 Å². The summed E-state index contributed by atoms with van der Waals surface area (Å²) < 4.78 is 6.05. The number of nitro benzene ring substituents is 1. The molecule has 0 atom stereocenters. The zero-order valence-electron chi connectivity index (χ0n) is 12.3. The highest BCUT2D eigenvalue weighted by atomic mass is 79.9. The highest BCUT2D eigenvalue weighted by Gasteiger charge is 2.15. The molecule has 24 heavy (non-hydrogen) atoms. The van der Waals surface area contributed by atoms with Crippen molar-refractivity contribution in [3.8, 4) is 17.6 Å². The summed E-state index contributed by atoms with van der Waals surface area (Å²) >= 11 is 6.60.